The Morgan fingerprint density at radius 2 is 1.69 bits per heavy atom. The topological polar surface area (TPSA) is 78.9 Å². The molecule has 4 aliphatic rings. The predicted molar refractivity (Wildman–Crippen MR) is 93.0 cm³/mol. The number of ether oxygens (including phenoxy) is 3. The molecule has 6 heteroatoms. The van der Waals surface area contributed by atoms with E-state index in [1.807, 2.05) is 20.8 Å². The first kappa shape index (κ1) is 19.2. The molecular weight excluding hydrogens is 336 g/mol. The molecule has 4 unspecified atom stereocenters. The van der Waals surface area contributed by atoms with Crippen LogP contribution in [0, 0.1) is 16.7 Å². The van der Waals surface area contributed by atoms with Crippen LogP contribution < -0.4 is 0 Å². The van der Waals surface area contributed by atoms with Crippen LogP contribution in [0.2, 0.25) is 0 Å². The molecule has 0 aromatic heterocycles. The van der Waals surface area contributed by atoms with Crippen molar-refractivity contribution in [1.29, 1.82) is 0 Å². The van der Waals surface area contributed by atoms with Crippen LogP contribution in [0.25, 0.3) is 0 Å². The monoisotopic (exact) mass is 366 g/mol. The van der Waals surface area contributed by atoms with Crippen LogP contribution in [0.1, 0.15) is 73.6 Å². The van der Waals surface area contributed by atoms with Gasteiger partial charge in [-0.1, -0.05) is 0 Å². The van der Waals surface area contributed by atoms with E-state index in [4.69, 9.17) is 14.2 Å². The van der Waals surface area contributed by atoms with Gasteiger partial charge in [-0.05, 0) is 48.0 Å². The number of esters is 3. The highest BCUT2D eigenvalue weighted by Gasteiger charge is 2.64. The average Bonchev–Trinajstić information content (AvgIpc) is 2.57. The third kappa shape index (κ3) is 3.47. The van der Waals surface area contributed by atoms with Gasteiger partial charge < -0.3 is 14.2 Å². The van der Waals surface area contributed by atoms with Crippen molar-refractivity contribution in [2.75, 3.05) is 0 Å². The third-order valence-corrected chi connectivity index (χ3v) is 5.50. The van der Waals surface area contributed by atoms with Gasteiger partial charge in [0.1, 0.15) is 17.3 Å². The lowest BCUT2D eigenvalue weighted by molar-refractivity contribution is -0.204. The molecule has 4 atom stereocenters. The Morgan fingerprint density at radius 3 is 2.27 bits per heavy atom. The van der Waals surface area contributed by atoms with Crippen molar-refractivity contribution in [3.63, 3.8) is 0 Å². The first-order chi connectivity index (χ1) is 11.7. The molecule has 4 bridgehead atoms. The summed E-state index contributed by atoms with van der Waals surface area (Å²) in [5, 5.41) is 0. The summed E-state index contributed by atoms with van der Waals surface area (Å²) in [5.41, 5.74) is -2.93. The van der Waals surface area contributed by atoms with Crippen molar-refractivity contribution < 1.29 is 28.6 Å². The second-order valence-corrected chi connectivity index (χ2v) is 10.4. The van der Waals surface area contributed by atoms with Gasteiger partial charge in [0, 0.05) is 25.7 Å². The summed E-state index contributed by atoms with van der Waals surface area (Å²) in [6, 6.07) is 0. The summed E-state index contributed by atoms with van der Waals surface area (Å²) in [5.74, 6) is -1.34. The van der Waals surface area contributed by atoms with Gasteiger partial charge in [-0.25, -0.2) is 0 Å². The molecule has 4 rings (SSSR count). The molecule has 2 saturated carbocycles. The lowest BCUT2D eigenvalue weighted by Gasteiger charge is -2.51. The molecule has 0 radical (unpaired) electrons. The molecule has 2 saturated heterocycles. The number of carbonyl (C=O) groups excluding carboxylic acids is 3. The number of carbonyl (C=O) groups is 3. The molecule has 0 amide bonds. The fraction of sp³-hybridized carbons (Fsp3) is 0.850. The smallest absolute Gasteiger partial charge is 0.312 e. The van der Waals surface area contributed by atoms with E-state index in [0.29, 0.717) is 32.1 Å². The summed E-state index contributed by atoms with van der Waals surface area (Å²) in [6.45, 7) is 10.9. The first-order valence-electron chi connectivity index (χ1n) is 9.41. The normalized spacial score (nSPS) is 36.3. The quantitative estimate of drug-likeness (QED) is 0.552. The second kappa shape index (κ2) is 5.70. The largest absolute Gasteiger partial charge is 0.462 e. The van der Waals surface area contributed by atoms with Gasteiger partial charge in [-0.3, -0.25) is 14.4 Å². The highest BCUT2D eigenvalue weighted by atomic mass is 16.6. The molecule has 0 spiro atoms. The maximum absolute atomic E-state index is 13.1. The van der Waals surface area contributed by atoms with Crippen LogP contribution in [-0.2, 0) is 28.6 Å². The van der Waals surface area contributed by atoms with Crippen molar-refractivity contribution in [1.82, 2.24) is 0 Å². The zero-order chi connectivity index (χ0) is 19.5. The summed E-state index contributed by atoms with van der Waals surface area (Å²) in [7, 11) is 0. The fourth-order valence-electron chi connectivity index (χ4n) is 4.59. The standard InChI is InChI=1S/C20H30O6/c1-17(2,3)15(22)26-20-8-12-7-19(11-20,16(23)25-18(4,5)6)9-13(10-20)24-14(12)21/h12-13H,7-11H2,1-6H3. The molecule has 6 nitrogen and oxygen atoms in total. The highest BCUT2D eigenvalue weighted by Crippen LogP contribution is 2.58. The Hall–Kier alpha value is -1.59. The van der Waals surface area contributed by atoms with E-state index in [1.54, 1.807) is 20.8 Å². The molecule has 26 heavy (non-hydrogen) atoms. The third-order valence-electron chi connectivity index (χ3n) is 5.50. The van der Waals surface area contributed by atoms with Crippen molar-refractivity contribution in [2.45, 2.75) is 91.0 Å². The van der Waals surface area contributed by atoms with Crippen LogP contribution in [-0.4, -0.2) is 35.2 Å². The van der Waals surface area contributed by atoms with Gasteiger partial charge in [0.15, 0.2) is 0 Å². The van der Waals surface area contributed by atoms with E-state index < -0.39 is 34.1 Å². The Labute approximate surface area is 154 Å². The maximum atomic E-state index is 13.1. The van der Waals surface area contributed by atoms with Gasteiger partial charge >= 0.3 is 17.9 Å². The van der Waals surface area contributed by atoms with Crippen molar-refractivity contribution in [2.24, 2.45) is 16.7 Å². The van der Waals surface area contributed by atoms with E-state index in [0.717, 1.165) is 0 Å². The summed E-state index contributed by atoms with van der Waals surface area (Å²) in [6.07, 6.45) is 1.73. The van der Waals surface area contributed by atoms with Gasteiger partial charge in [0.2, 0.25) is 0 Å². The Morgan fingerprint density at radius 1 is 1.04 bits per heavy atom. The average molecular weight is 366 g/mol. The molecule has 0 aromatic carbocycles. The zero-order valence-corrected chi connectivity index (χ0v) is 16.6. The Bertz CT molecular complexity index is 640. The van der Waals surface area contributed by atoms with E-state index in [1.165, 1.54) is 0 Å². The van der Waals surface area contributed by atoms with E-state index >= 15 is 0 Å². The SMILES string of the molecule is CC(C)(C)OC(=O)C12CC3CC(OC(=O)C(C)(C)C)(CC(C1)C(=O)O3)C2. The Kier molecular flexibility index (Phi) is 4.21. The molecular formula is C20H30O6. The number of hydrogen-bond donors (Lipinski definition) is 0. The second-order valence-electron chi connectivity index (χ2n) is 10.4. The molecule has 0 aromatic rings. The minimum atomic E-state index is -0.834. The Balaban J connectivity index is 1.95. The predicted octanol–water partition coefficient (Wildman–Crippen LogP) is 3.16. The van der Waals surface area contributed by atoms with Gasteiger partial charge in [0.05, 0.1) is 16.7 Å². The van der Waals surface area contributed by atoms with Crippen LogP contribution in [0.4, 0.5) is 0 Å². The first-order valence-corrected chi connectivity index (χ1v) is 9.41. The van der Waals surface area contributed by atoms with Crippen LogP contribution in [0.3, 0.4) is 0 Å². The van der Waals surface area contributed by atoms with Crippen molar-refractivity contribution >= 4 is 17.9 Å². The number of rotatable bonds is 2. The molecule has 4 fully saturated rings. The van der Waals surface area contributed by atoms with Gasteiger partial charge in [-0.15, -0.1) is 0 Å². The summed E-state index contributed by atoms with van der Waals surface area (Å²) in [4.78, 5) is 38.1. The minimum Gasteiger partial charge on any atom is -0.462 e. The van der Waals surface area contributed by atoms with E-state index in [2.05, 4.69) is 0 Å². The molecule has 146 valence electrons. The molecule has 2 aliphatic heterocycles. The lowest BCUT2D eigenvalue weighted by atomic mass is 9.56. The number of hydrogen-bond acceptors (Lipinski definition) is 6. The van der Waals surface area contributed by atoms with E-state index in [9.17, 15) is 14.4 Å². The maximum Gasteiger partial charge on any atom is 0.312 e. The zero-order valence-electron chi connectivity index (χ0n) is 16.6. The van der Waals surface area contributed by atoms with E-state index in [-0.39, 0.29) is 17.9 Å². The molecule has 2 heterocycles. The summed E-state index contributed by atoms with van der Waals surface area (Å²) >= 11 is 0. The van der Waals surface area contributed by atoms with Crippen molar-refractivity contribution in [3.8, 4) is 0 Å². The van der Waals surface area contributed by atoms with Crippen LogP contribution >= 0.6 is 0 Å². The van der Waals surface area contributed by atoms with Gasteiger partial charge in [0.25, 0.3) is 0 Å². The molecule has 2 aliphatic carbocycles. The lowest BCUT2D eigenvalue weighted by Crippen LogP contribution is -2.57. The fourth-order valence-corrected chi connectivity index (χ4v) is 4.59. The van der Waals surface area contributed by atoms with Crippen LogP contribution in [0.5, 0.6) is 0 Å². The minimum absolute atomic E-state index is 0.284. The number of fused-ring (bicyclic) bond motifs is 1. The van der Waals surface area contributed by atoms with Gasteiger partial charge in [-0.2, -0.15) is 0 Å². The molecule has 0 N–H and O–H groups in total. The van der Waals surface area contributed by atoms with Crippen LogP contribution in [0.15, 0.2) is 0 Å². The highest BCUT2D eigenvalue weighted by molar-refractivity contribution is 5.82. The summed E-state index contributed by atoms with van der Waals surface area (Å²) < 4.78 is 17.2. The van der Waals surface area contributed by atoms with Crippen molar-refractivity contribution in [3.05, 3.63) is 0 Å².